The third-order valence-electron chi connectivity index (χ3n) is 4.26. The van der Waals surface area contributed by atoms with Gasteiger partial charge in [0.15, 0.2) is 5.96 Å². The SMILES string of the molecule is CN=C(NCCCOCC1CCCO1)NC1CCCCC1. The molecule has 0 aromatic carbocycles. The van der Waals surface area contributed by atoms with Crippen molar-refractivity contribution >= 4 is 5.96 Å². The summed E-state index contributed by atoms with van der Waals surface area (Å²) in [5.41, 5.74) is 0. The normalized spacial score (nSPS) is 24.2. The van der Waals surface area contributed by atoms with Crippen molar-refractivity contribution in [3.05, 3.63) is 0 Å². The van der Waals surface area contributed by atoms with E-state index >= 15 is 0 Å². The molecular formula is C16H31N3O2. The fourth-order valence-electron chi connectivity index (χ4n) is 3.01. The Morgan fingerprint density at radius 2 is 2.05 bits per heavy atom. The second kappa shape index (κ2) is 10.0. The Bertz CT molecular complexity index is 298. The summed E-state index contributed by atoms with van der Waals surface area (Å²) in [6, 6.07) is 0.598. The average Bonchev–Trinajstić information content (AvgIpc) is 3.04. The molecule has 0 bridgehead atoms. The van der Waals surface area contributed by atoms with Crippen molar-refractivity contribution in [1.29, 1.82) is 0 Å². The van der Waals surface area contributed by atoms with Gasteiger partial charge in [-0.2, -0.15) is 0 Å². The van der Waals surface area contributed by atoms with Gasteiger partial charge in [-0.1, -0.05) is 19.3 Å². The van der Waals surface area contributed by atoms with Gasteiger partial charge in [-0.15, -0.1) is 0 Å². The number of ether oxygens (including phenoxy) is 2. The maximum Gasteiger partial charge on any atom is 0.191 e. The van der Waals surface area contributed by atoms with E-state index in [2.05, 4.69) is 15.6 Å². The molecule has 2 fully saturated rings. The van der Waals surface area contributed by atoms with Gasteiger partial charge in [0.25, 0.3) is 0 Å². The van der Waals surface area contributed by atoms with Gasteiger partial charge in [0.1, 0.15) is 0 Å². The first-order valence-corrected chi connectivity index (χ1v) is 8.55. The summed E-state index contributed by atoms with van der Waals surface area (Å²) in [6.07, 6.45) is 10.3. The molecule has 122 valence electrons. The maximum atomic E-state index is 5.66. The molecule has 1 heterocycles. The van der Waals surface area contributed by atoms with E-state index in [0.717, 1.165) is 45.2 Å². The molecule has 0 radical (unpaired) electrons. The van der Waals surface area contributed by atoms with Crippen molar-refractivity contribution in [2.45, 2.75) is 63.5 Å². The largest absolute Gasteiger partial charge is 0.379 e. The molecule has 5 nitrogen and oxygen atoms in total. The lowest BCUT2D eigenvalue weighted by atomic mass is 9.96. The van der Waals surface area contributed by atoms with E-state index in [9.17, 15) is 0 Å². The third kappa shape index (κ3) is 6.66. The number of hydrogen-bond acceptors (Lipinski definition) is 3. The number of nitrogens with one attached hydrogen (secondary N) is 2. The van der Waals surface area contributed by atoms with Gasteiger partial charge in [-0.05, 0) is 32.1 Å². The molecule has 0 amide bonds. The van der Waals surface area contributed by atoms with Crippen LogP contribution in [0.3, 0.4) is 0 Å². The van der Waals surface area contributed by atoms with E-state index in [1.165, 1.54) is 38.5 Å². The van der Waals surface area contributed by atoms with Crippen molar-refractivity contribution in [2.24, 2.45) is 4.99 Å². The van der Waals surface area contributed by atoms with Crippen molar-refractivity contribution in [2.75, 3.05) is 33.4 Å². The lowest BCUT2D eigenvalue weighted by Crippen LogP contribution is -2.44. The zero-order valence-corrected chi connectivity index (χ0v) is 13.4. The molecular weight excluding hydrogens is 266 g/mol. The molecule has 2 aliphatic rings. The number of aliphatic imine (C=N–C) groups is 1. The highest BCUT2D eigenvalue weighted by molar-refractivity contribution is 5.79. The summed E-state index contributed by atoms with van der Waals surface area (Å²) in [5.74, 6) is 0.932. The van der Waals surface area contributed by atoms with Crippen LogP contribution < -0.4 is 10.6 Å². The Balaban J connectivity index is 1.47. The average molecular weight is 297 g/mol. The molecule has 0 spiro atoms. The van der Waals surface area contributed by atoms with Crippen molar-refractivity contribution < 1.29 is 9.47 Å². The van der Waals surface area contributed by atoms with Crippen molar-refractivity contribution in [3.63, 3.8) is 0 Å². The first kappa shape index (κ1) is 16.6. The summed E-state index contributed by atoms with van der Waals surface area (Å²) >= 11 is 0. The Morgan fingerprint density at radius 3 is 2.76 bits per heavy atom. The fourth-order valence-corrected chi connectivity index (χ4v) is 3.01. The van der Waals surface area contributed by atoms with Gasteiger partial charge in [0.05, 0.1) is 12.7 Å². The lowest BCUT2D eigenvalue weighted by Gasteiger charge is -2.24. The molecule has 2 N–H and O–H groups in total. The highest BCUT2D eigenvalue weighted by atomic mass is 16.5. The highest BCUT2D eigenvalue weighted by Crippen LogP contribution is 2.17. The lowest BCUT2D eigenvalue weighted by molar-refractivity contribution is 0.0168. The van der Waals surface area contributed by atoms with E-state index < -0.39 is 0 Å². The summed E-state index contributed by atoms with van der Waals surface area (Å²) in [5, 5.41) is 6.89. The predicted octanol–water partition coefficient (Wildman–Crippen LogP) is 2.07. The van der Waals surface area contributed by atoms with Crippen LogP contribution >= 0.6 is 0 Å². The smallest absolute Gasteiger partial charge is 0.191 e. The molecule has 1 saturated carbocycles. The van der Waals surface area contributed by atoms with Crippen LogP contribution in [0.15, 0.2) is 4.99 Å². The molecule has 1 saturated heterocycles. The Morgan fingerprint density at radius 1 is 1.19 bits per heavy atom. The number of hydrogen-bond donors (Lipinski definition) is 2. The second-order valence-corrected chi connectivity index (χ2v) is 6.04. The zero-order chi connectivity index (χ0) is 14.8. The summed E-state index contributed by atoms with van der Waals surface area (Å²) in [6.45, 7) is 3.33. The van der Waals surface area contributed by atoms with Crippen LogP contribution in [0.2, 0.25) is 0 Å². The predicted molar refractivity (Wildman–Crippen MR) is 85.8 cm³/mol. The Labute approximate surface area is 128 Å². The minimum Gasteiger partial charge on any atom is -0.379 e. The van der Waals surface area contributed by atoms with Crippen LogP contribution in [0.5, 0.6) is 0 Å². The van der Waals surface area contributed by atoms with Crippen molar-refractivity contribution in [3.8, 4) is 0 Å². The van der Waals surface area contributed by atoms with Crippen LogP contribution in [0.4, 0.5) is 0 Å². The Kier molecular flexibility index (Phi) is 7.89. The summed E-state index contributed by atoms with van der Waals surface area (Å²) in [4.78, 5) is 4.30. The van der Waals surface area contributed by atoms with E-state index in [-0.39, 0.29) is 0 Å². The van der Waals surface area contributed by atoms with Gasteiger partial charge in [0, 0.05) is 32.8 Å². The van der Waals surface area contributed by atoms with Crippen LogP contribution in [-0.4, -0.2) is 51.5 Å². The van der Waals surface area contributed by atoms with E-state index in [4.69, 9.17) is 9.47 Å². The van der Waals surface area contributed by atoms with Crippen molar-refractivity contribution in [1.82, 2.24) is 10.6 Å². The van der Waals surface area contributed by atoms with E-state index in [0.29, 0.717) is 12.1 Å². The standard InChI is InChI=1S/C16H31N3O2/c1-17-16(19-14-7-3-2-4-8-14)18-10-6-11-20-13-15-9-5-12-21-15/h14-15H,2-13H2,1H3,(H2,17,18,19). The zero-order valence-electron chi connectivity index (χ0n) is 13.4. The molecule has 1 aliphatic heterocycles. The summed E-state index contributed by atoms with van der Waals surface area (Å²) in [7, 11) is 1.84. The molecule has 0 aromatic heterocycles. The van der Waals surface area contributed by atoms with E-state index in [1.807, 2.05) is 7.05 Å². The molecule has 1 atom stereocenters. The second-order valence-electron chi connectivity index (χ2n) is 6.04. The molecule has 1 unspecified atom stereocenters. The third-order valence-corrected chi connectivity index (χ3v) is 4.26. The topological polar surface area (TPSA) is 54.9 Å². The first-order chi connectivity index (χ1) is 10.4. The summed E-state index contributed by atoms with van der Waals surface area (Å²) < 4.78 is 11.2. The van der Waals surface area contributed by atoms with E-state index in [1.54, 1.807) is 0 Å². The molecule has 0 aromatic rings. The minimum atomic E-state index is 0.332. The van der Waals surface area contributed by atoms with Gasteiger partial charge in [-0.3, -0.25) is 4.99 Å². The van der Waals surface area contributed by atoms with Gasteiger partial charge in [-0.25, -0.2) is 0 Å². The van der Waals surface area contributed by atoms with Crippen LogP contribution in [0, 0.1) is 0 Å². The van der Waals surface area contributed by atoms with Crippen LogP contribution in [0.25, 0.3) is 0 Å². The monoisotopic (exact) mass is 297 g/mol. The number of guanidine groups is 1. The van der Waals surface area contributed by atoms with Gasteiger partial charge >= 0.3 is 0 Å². The molecule has 2 rings (SSSR count). The van der Waals surface area contributed by atoms with Gasteiger partial charge in [0.2, 0.25) is 0 Å². The first-order valence-electron chi connectivity index (χ1n) is 8.55. The number of nitrogens with zero attached hydrogens (tertiary/aromatic N) is 1. The van der Waals surface area contributed by atoms with Crippen LogP contribution in [-0.2, 0) is 9.47 Å². The Hall–Kier alpha value is -0.810. The number of rotatable bonds is 7. The van der Waals surface area contributed by atoms with Gasteiger partial charge < -0.3 is 20.1 Å². The molecule has 21 heavy (non-hydrogen) atoms. The highest BCUT2D eigenvalue weighted by Gasteiger charge is 2.15. The fraction of sp³-hybridized carbons (Fsp3) is 0.938. The molecule has 1 aliphatic carbocycles. The van der Waals surface area contributed by atoms with Crippen LogP contribution in [0.1, 0.15) is 51.4 Å². The molecule has 5 heteroatoms. The quantitative estimate of drug-likeness (QED) is 0.429. The minimum absolute atomic E-state index is 0.332. The maximum absolute atomic E-state index is 5.66.